The number of hydrogen-bond acceptors (Lipinski definition) is 7. The molecule has 2 aromatic heterocycles. The lowest BCUT2D eigenvalue weighted by Gasteiger charge is -2.24. The molecule has 1 aromatic carbocycles. The minimum absolute atomic E-state index is 0.162. The third-order valence-electron chi connectivity index (χ3n) is 5.04. The molecule has 0 radical (unpaired) electrons. The number of aromatic nitrogens is 1. The SMILES string of the molecule is CCCC1=C(C(=O)OCC)[C@@H](c2cccs2)n2c(s/c(=C\c3cc(Br)c(O)c(I)c3)c2=O)=N1. The van der Waals surface area contributed by atoms with Gasteiger partial charge in [-0.25, -0.2) is 9.79 Å². The minimum atomic E-state index is -0.573. The molecule has 0 fully saturated rings. The molecule has 3 aromatic rings. The van der Waals surface area contributed by atoms with E-state index in [2.05, 4.69) is 15.9 Å². The summed E-state index contributed by atoms with van der Waals surface area (Å²) < 4.78 is 8.72. The molecular weight excluding hydrogens is 639 g/mol. The van der Waals surface area contributed by atoms with Crippen molar-refractivity contribution in [1.82, 2.24) is 4.57 Å². The molecule has 0 spiro atoms. The summed E-state index contributed by atoms with van der Waals surface area (Å²) >= 11 is 8.20. The number of phenolic OH excluding ortho intramolecular Hbond substituents is 1. The molecule has 0 saturated heterocycles. The molecule has 0 amide bonds. The Bertz CT molecular complexity index is 1400. The van der Waals surface area contributed by atoms with Gasteiger partial charge in [0.15, 0.2) is 4.80 Å². The first-order valence-corrected chi connectivity index (χ1v) is 13.9. The summed E-state index contributed by atoms with van der Waals surface area (Å²) in [4.78, 5) is 32.8. The van der Waals surface area contributed by atoms with E-state index in [1.807, 2.05) is 53.1 Å². The van der Waals surface area contributed by atoms with E-state index >= 15 is 0 Å². The molecule has 0 aliphatic carbocycles. The highest BCUT2D eigenvalue weighted by molar-refractivity contribution is 14.1. The van der Waals surface area contributed by atoms with Crippen molar-refractivity contribution in [3.63, 3.8) is 0 Å². The Morgan fingerprint density at radius 3 is 2.82 bits per heavy atom. The number of rotatable bonds is 6. The topological polar surface area (TPSA) is 80.9 Å². The van der Waals surface area contributed by atoms with Gasteiger partial charge in [0.2, 0.25) is 0 Å². The summed E-state index contributed by atoms with van der Waals surface area (Å²) in [6, 6.07) is 6.84. The zero-order valence-electron chi connectivity index (χ0n) is 17.8. The zero-order valence-corrected chi connectivity index (χ0v) is 23.2. The van der Waals surface area contributed by atoms with Gasteiger partial charge in [0.25, 0.3) is 5.56 Å². The van der Waals surface area contributed by atoms with Crippen LogP contribution < -0.4 is 14.9 Å². The first kappa shape index (κ1) is 24.4. The molecule has 0 saturated carbocycles. The highest BCUT2D eigenvalue weighted by Gasteiger charge is 2.34. The maximum Gasteiger partial charge on any atom is 0.338 e. The Balaban J connectivity index is 1.97. The van der Waals surface area contributed by atoms with E-state index in [1.54, 1.807) is 23.6 Å². The van der Waals surface area contributed by atoms with Crippen molar-refractivity contribution in [3.8, 4) is 5.75 Å². The lowest BCUT2D eigenvalue weighted by molar-refractivity contribution is -0.139. The van der Waals surface area contributed by atoms with Gasteiger partial charge < -0.3 is 9.84 Å². The lowest BCUT2D eigenvalue weighted by Crippen LogP contribution is -2.39. The fourth-order valence-corrected chi connectivity index (χ4v) is 7.00. The standard InChI is InChI=1S/C23H20BrIN2O4S2/c1-3-6-15-18(22(30)31-4-2)19(16-7-5-8-32-16)27-21(29)17(33-23(27)26-15)11-12-9-13(24)20(28)14(25)10-12/h5,7-11,19,28H,3-4,6H2,1-2H3/b17-11-/t19-/m1/s1. The molecule has 1 atom stereocenters. The maximum absolute atomic E-state index is 13.6. The van der Waals surface area contributed by atoms with Crippen LogP contribution >= 0.6 is 61.2 Å². The fraction of sp³-hybridized carbons (Fsp3) is 0.261. The van der Waals surface area contributed by atoms with Crippen LogP contribution in [0.25, 0.3) is 6.08 Å². The molecule has 3 heterocycles. The number of thiazole rings is 1. The Morgan fingerprint density at radius 1 is 1.39 bits per heavy atom. The lowest BCUT2D eigenvalue weighted by atomic mass is 9.99. The molecule has 0 unspecified atom stereocenters. The Kier molecular flexibility index (Phi) is 7.56. The highest BCUT2D eigenvalue weighted by atomic mass is 127. The number of thiophene rings is 1. The number of allylic oxidation sites excluding steroid dienone is 1. The zero-order chi connectivity index (χ0) is 23.7. The van der Waals surface area contributed by atoms with Crippen LogP contribution in [0.1, 0.15) is 43.2 Å². The summed E-state index contributed by atoms with van der Waals surface area (Å²) in [6.07, 6.45) is 3.22. The molecule has 1 aliphatic rings. The number of aromatic hydroxyl groups is 1. The molecule has 172 valence electrons. The quantitative estimate of drug-likeness (QED) is 0.307. The van der Waals surface area contributed by atoms with Gasteiger partial charge in [-0.05, 0) is 87.1 Å². The average Bonchev–Trinajstić information content (AvgIpc) is 3.40. The number of benzene rings is 1. The van der Waals surface area contributed by atoms with E-state index in [0.717, 1.165) is 16.9 Å². The van der Waals surface area contributed by atoms with Gasteiger partial charge in [-0.1, -0.05) is 30.7 Å². The van der Waals surface area contributed by atoms with Gasteiger partial charge in [-0.15, -0.1) is 11.3 Å². The van der Waals surface area contributed by atoms with E-state index in [-0.39, 0.29) is 17.9 Å². The first-order chi connectivity index (χ1) is 15.8. The fourth-order valence-electron chi connectivity index (χ4n) is 3.66. The number of halogens is 2. The van der Waals surface area contributed by atoms with Crippen molar-refractivity contribution in [2.75, 3.05) is 6.61 Å². The molecule has 1 N–H and O–H groups in total. The summed E-state index contributed by atoms with van der Waals surface area (Å²) in [5.41, 5.74) is 1.67. The molecule has 10 heteroatoms. The van der Waals surface area contributed by atoms with Crippen LogP contribution in [0, 0.1) is 3.57 Å². The number of nitrogens with zero attached hydrogens (tertiary/aromatic N) is 2. The Hall–Kier alpha value is -1.76. The monoisotopic (exact) mass is 658 g/mol. The van der Waals surface area contributed by atoms with E-state index < -0.39 is 12.0 Å². The first-order valence-electron chi connectivity index (χ1n) is 10.3. The molecule has 33 heavy (non-hydrogen) atoms. The second-order valence-electron chi connectivity index (χ2n) is 7.26. The third kappa shape index (κ3) is 4.75. The number of esters is 1. The summed E-state index contributed by atoms with van der Waals surface area (Å²) in [5, 5.41) is 12.0. The largest absolute Gasteiger partial charge is 0.506 e. The predicted molar refractivity (Wildman–Crippen MR) is 142 cm³/mol. The van der Waals surface area contributed by atoms with Crippen LogP contribution in [0.5, 0.6) is 5.75 Å². The van der Waals surface area contributed by atoms with Crippen LogP contribution in [-0.4, -0.2) is 22.2 Å². The van der Waals surface area contributed by atoms with Gasteiger partial charge in [0.1, 0.15) is 11.8 Å². The van der Waals surface area contributed by atoms with E-state index in [0.29, 0.717) is 35.1 Å². The molecule has 4 rings (SSSR count). The van der Waals surface area contributed by atoms with Crippen molar-refractivity contribution in [3.05, 3.63) is 79.1 Å². The molecular formula is C23H20BrIN2O4S2. The van der Waals surface area contributed by atoms with Crippen LogP contribution in [0.2, 0.25) is 0 Å². The number of hydrogen-bond donors (Lipinski definition) is 1. The Morgan fingerprint density at radius 2 is 2.18 bits per heavy atom. The summed E-state index contributed by atoms with van der Waals surface area (Å²) in [6.45, 7) is 4.05. The average molecular weight is 659 g/mol. The van der Waals surface area contributed by atoms with Gasteiger partial charge in [0, 0.05) is 4.88 Å². The van der Waals surface area contributed by atoms with Crippen molar-refractivity contribution < 1.29 is 14.6 Å². The van der Waals surface area contributed by atoms with Crippen LogP contribution in [-0.2, 0) is 9.53 Å². The van der Waals surface area contributed by atoms with Crippen molar-refractivity contribution >= 4 is 73.2 Å². The molecule has 6 nitrogen and oxygen atoms in total. The number of carbonyl (C=O) groups is 1. The van der Waals surface area contributed by atoms with Gasteiger partial charge in [-0.2, -0.15) is 0 Å². The molecule has 0 bridgehead atoms. The summed E-state index contributed by atoms with van der Waals surface area (Å²) in [7, 11) is 0. The Labute approximate surface area is 220 Å². The van der Waals surface area contributed by atoms with E-state index in [4.69, 9.17) is 9.73 Å². The smallest absolute Gasteiger partial charge is 0.338 e. The second kappa shape index (κ2) is 10.2. The third-order valence-corrected chi connectivity index (χ3v) is 8.38. The van der Waals surface area contributed by atoms with Gasteiger partial charge >= 0.3 is 5.97 Å². The predicted octanol–water partition coefficient (Wildman–Crippen LogP) is 4.71. The number of ether oxygens (including phenoxy) is 1. The number of fused-ring (bicyclic) bond motifs is 1. The van der Waals surface area contributed by atoms with Crippen LogP contribution in [0.3, 0.4) is 0 Å². The normalized spacial score (nSPS) is 16.0. The second-order valence-corrected chi connectivity index (χ2v) is 11.3. The van der Waals surface area contributed by atoms with E-state index in [1.165, 1.54) is 22.7 Å². The van der Waals surface area contributed by atoms with Crippen LogP contribution in [0.15, 0.2) is 55.2 Å². The number of phenols is 1. The summed E-state index contributed by atoms with van der Waals surface area (Å²) in [5.74, 6) is -0.274. The van der Waals surface area contributed by atoms with Gasteiger partial charge in [0.05, 0.1) is 30.5 Å². The van der Waals surface area contributed by atoms with Crippen molar-refractivity contribution in [1.29, 1.82) is 0 Å². The number of carbonyl (C=O) groups excluding carboxylic acids is 1. The van der Waals surface area contributed by atoms with Crippen LogP contribution in [0.4, 0.5) is 0 Å². The van der Waals surface area contributed by atoms with E-state index in [9.17, 15) is 14.7 Å². The molecule has 1 aliphatic heterocycles. The maximum atomic E-state index is 13.6. The highest BCUT2D eigenvalue weighted by Crippen LogP contribution is 2.35. The van der Waals surface area contributed by atoms with Gasteiger partial charge in [-0.3, -0.25) is 9.36 Å². The van der Waals surface area contributed by atoms with Crippen molar-refractivity contribution in [2.24, 2.45) is 4.99 Å². The minimum Gasteiger partial charge on any atom is -0.506 e. The van der Waals surface area contributed by atoms with Crippen molar-refractivity contribution in [2.45, 2.75) is 32.7 Å².